The number of halogens is 1. The maximum Gasteiger partial charge on any atom is 0.337 e. The van der Waals surface area contributed by atoms with E-state index in [0.717, 1.165) is 10.6 Å². The number of aromatic nitrogens is 1. The smallest absolute Gasteiger partial charge is 0.337 e. The van der Waals surface area contributed by atoms with E-state index in [1.165, 1.54) is 12.1 Å². The van der Waals surface area contributed by atoms with Crippen molar-refractivity contribution in [3.05, 3.63) is 55.8 Å². The highest BCUT2D eigenvalue weighted by atomic mass is 35.5. The Labute approximate surface area is 139 Å². The van der Waals surface area contributed by atoms with Crippen molar-refractivity contribution < 1.29 is 19.5 Å². The minimum absolute atomic E-state index is 0.00986. The van der Waals surface area contributed by atoms with Crippen LogP contribution in [0, 0.1) is 6.92 Å². The van der Waals surface area contributed by atoms with Crippen LogP contribution in [0.1, 0.15) is 36.6 Å². The van der Waals surface area contributed by atoms with Crippen LogP contribution in [0.2, 0.25) is 5.02 Å². The van der Waals surface area contributed by atoms with Gasteiger partial charge in [-0.25, -0.2) is 4.79 Å². The molecule has 2 amide bonds. The number of carboxylic acid groups (broad SMARTS) is 1. The van der Waals surface area contributed by atoms with Crippen LogP contribution in [0.5, 0.6) is 0 Å². The number of rotatable bonds is 2. The molecule has 0 bridgehead atoms. The van der Waals surface area contributed by atoms with E-state index in [9.17, 15) is 24.3 Å². The van der Waals surface area contributed by atoms with Gasteiger partial charge in [-0.15, -0.1) is 0 Å². The molecule has 0 radical (unpaired) electrons. The number of hydrogen-bond acceptors (Lipinski definition) is 5. The van der Waals surface area contributed by atoms with E-state index in [0.29, 0.717) is 5.56 Å². The second-order valence-electron chi connectivity index (χ2n) is 5.20. The number of fused-ring (bicyclic) bond motifs is 1. The third-order valence-corrected chi connectivity index (χ3v) is 3.89. The first-order valence-electron chi connectivity index (χ1n) is 6.67. The highest BCUT2D eigenvalue weighted by Gasteiger charge is 2.32. The number of anilines is 1. The van der Waals surface area contributed by atoms with Gasteiger partial charge in [0.2, 0.25) is 0 Å². The average molecular weight is 348 g/mol. The molecule has 0 aliphatic carbocycles. The fraction of sp³-hybridized carbons (Fsp3) is 0.0667. The molecule has 2 heterocycles. The van der Waals surface area contributed by atoms with Gasteiger partial charge in [0.05, 0.1) is 22.4 Å². The number of hydrogen-bond donors (Lipinski definition) is 3. The number of amides is 2. The number of nitrogen functional groups attached to an aromatic ring is 1. The van der Waals surface area contributed by atoms with Gasteiger partial charge in [-0.2, -0.15) is 0 Å². The summed E-state index contributed by atoms with van der Waals surface area (Å²) in [6, 6.07) is 3.59. The zero-order chi connectivity index (χ0) is 17.8. The van der Waals surface area contributed by atoms with Crippen molar-refractivity contribution in [2.24, 2.45) is 0 Å². The molecule has 0 saturated carbocycles. The standard InChI is InChI=1S/C15H10ClN3O5/c1-5-2-6(16)3-8(15(23)24)11(5)19-9(20)4-7-10(12(19)17)14(22)18-13(7)21/h2-4H,17H2,1H3,(H,23,24)(H,18,21,22). The number of nitrogens with one attached hydrogen (secondary N) is 1. The molecule has 24 heavy (non-hydrogen) atoms. The van der Waals surface area contributed by atoms with Crippen LogP contribution < -0.4 is 16.6 Å². The second kappa shape index (κ2) is 5.20. The Morgan fingerprint density at radius 1 is 1.21 bits per heavy atom. The number of carbonyl (C=O) groups is 3. The number of carboxylic acids is 1. The Morgan fingerprint density at radius 2 is 1.88 bits per heavy atom. The van der Waals surface area contributed by atoms with Gasteiger partial charge in [-0.1, -0.05) is 11.6 Å². The lowest BCUT2D eigenvalue weighted by Crippen LogP contribution is -2.26. The van der Waals surface area contributed by atoms with Crippen LogP contribution in [0.3, 0.4) is 0 Å². The number of nitrogens with two attached hydrogens (primary N) is 1. The van der Waals surface area contributed by atoms with Crippen molar-refractivity contribution in [3.63, 3.8) is 0 Å². The van der Waals surface area contributed by atoms with Gasteiger partial charge in [0.1, 0.15) is 5.82 Å². The fourth-order valence-electron chi connectivity index (χ4n) is 2.71. The molecule has 0 fully saturated rings. The largest absolute Gasteiger partial charge is 0.478 e. The number of nitrogens with zero attached hydrogens (tertiary/aromatic N) is 1. The zero-order valence-electron chi connectivity index (χ0n) is 12.2. The Bertz CT molecular complexity index is 1010. The lowest BCUT2D eigenvalue weighted by Gasteiger charge is -2.16. The monoisotopic (exact) mass is 347 g/mol. The minimum Gasteiger partial charge on any atom is -0.478 e. The summed E-state index contributed by atoms with van der Waals surface area (Å²) in [5.41, 5.74) is 5.00. The van der Waals surface area contributed by atoms with Crippen molar-refractivity contribution in [2.75, 3.05) is 5.73 Å². The van der Waals surface area contributed by atoms with Crippen molar-refractivity contribution in [3.8, 4) is 5.69 Å². The summed E-state index contributed by atoms with van der Waals surface area (Å²) in [6.07, 6.45) is 0. The van der Waals surface area contributed by atoms with E-state index in [-0.39, 0.29) is 33.2 Å². The Balaban J connectivity index is 2.44. The number of benzene rings is 1. The fourth-order valence-corrected chi connectivity index (χ4v) is 2.98. The molecule has 8 nitrogen and oxygen atoms in total. The lowest BCUT2D eigenvalue weighted by molar-refractivity contribution is 0.0696. The van der Waals surface area contributed by atoms with E-state index >= 15 is 0 Å². The topological polar surface area (TPSA) is 131 Å². The maximum atomic E-state index is 12.4. The summed E-state index contributed by atoms with van der Waals surface area (Å²) in [5.74, 6) is -3.10. The quantitative estimate of drug-likeness (QED) is 0.693. The van der Waals surface area contributed by atoms with Gasteiger partial charge >= 0.3 is 5.97 Å². The summed E-state index contributed by atoms with van der Waals surface area (Å²) in [5, 5.41) is 11.6. The van der Waals surface area contributed by atoms with Gasteiger partial charge in [-0.05, 0) is 24.6 Å². The van der Waals surface area contributed by atoms with Crippen molar-refractivity contribution in [1.82, 2.24) is 9.88 Å². The zero-order valence-corrected chi connectivity index (χ0v) is 13.0. The summed E-state index contributed by atoms with van der Waals surface area (Å²) < 4.78 is 0.895. The average Bonchev–Trinajstić information content (AvgIpc) is 2.75. The van der Waals surface area contributed by atoms with Gasteiger partial charge in [0.25, 0.3) is 17.4 Å². The Morgan fingerprint density at radius 3 is 2.50 bits per heavy atom. The molecule has 1 aromatic heterocycles. The van der Waals surface area contributed by atoms with Crippen molar-refractivity contribution >= 4 is 35.2 Å². The predicted octanol–water partition coefficient (Wildman–Crippen LogP) is 0.963. The molecule has 1 aliphatic rings. The van der Waals surface area contributed by atoms with Crippen LogP contribution in [0.4, 0.5) is 5.82 Å². The van der Waals surface area contributed by atoms with Crippen LogP contribution in [0.15, 0.2) is 23.0 Å². The van der Waals surface area contributed by atoms with E-state index in [1.807, 2.05) is 5.32 Å². The first-order chi connectivity index (χ1) is 11.2. The molecule has 1 aliphatic heterocycles. The summed E-state index contributed by atoms with van der Waals surface area (Å²) in [6.45, 7) is 1.55. The maximum absolute atomic E-state index is 12.4. The third-order valence-electron chi connectivity index (χ3n) is 3.67. The van der Waals surface area contributed by atoms with E-state index in [2.05, 4.69) is 0 Å². The van der Waals surface area contributed by atoms with Crippen LogP contribution in [-0.2, 0) is 0 Å². The number of aromatic carboxylic acids is 1. The van der Waals surface area contributed by atoms with Gasteiger partial charge in [-0.3, -0.25) is 24.3 Å². The van der Waals surface area contributed by atoms with Crippen LogP contribution >= 0.6 is 11.6 Å². The molecule has 1 aromatic carbocycles. The van der Waals surface area contributed by atoms with E-state index < -0.39 is 23.3 Å². The molecule has 2 aromatic rings. The first-order valence-corrected chi connectivity index (χ1v) is 7.05. The van der Waals surface area contributed by atoms with Gasteiger partial charge in [0, 0.05) is 11.1 Å². The molecule has 122 valence electrons. The third kappa shape index (κ3) is 2.16. The molecular formula is C15H10ClN3O5. The molecular weight excluding hydrogens is 338 g/mol. The minimum atomic E-state index is -1.32. The SMILES string of the molecule is Cc1cc(Cl)cc(C(=O)O)c1-n1c(N)c2c(cc1=O)C(=O)NC2=O. The predicted molar refractivity (Wildman–Crippen MR) is 85.0 cm³/mol. The highest BCUT2D eigenvalue weighted by Crippen LogP contribution is 2.28. The summed E-state index contributed by atoms with van der Waals surface area (Å²) in [7, 11) is 0. The molecule has 0 saturated heterocycles. The normalized spacial score (nSPS) is 12.9. The van der Waals surface area contributed by atoms with E-state index in [4.69, 9.17) is 17.3 Å². The van der Waals surface area contributed by atoms with Crippen LogP contribution in [-0.4, -0.2) is 27.5 Å². The highest BCUT2D eigenvalue weighted by molar-refractivity contribution is 6.31. The lowest BCUT2D eigenvalue weighted by atomic mass is 10.1. The summed E-state index contributed by atoms with van der Waals surface area (Å²) >= 11 is 5.88. The number of aryl methyl sites for hydroxylation is 1. The Hall–Kier alpha value is -3.13. The molecule has 9 heteroatoms. The summed E-state index contributed by atoms with van der Waals surface area (Å²) in [4.78, 5) is 47.5. The van der Waals surface area contributed by atoms with Crippen molar-refractivity contribution in [2.45, 2.75) is 6.92 Å². The first kappa shape index (κ1) is 15.8. The number of imide groups is 1. The van der Waals surface area contributed by atoms with E-state index in [1.54, 1.807) is 6.92 Å². The van der Waals surface area contributed by atoms with Crippen molar-refractivity contribution in [1.29, 1.82) is 0 Å². The Kier molecular flexibility index (Phi) is 3.42. The van der Waals surface area contributed by atoms with Crippen LogP contribution in [0.25, 0.3) is 5.69 Å². The molecule has 4 N–H and O–H groups in total. The second-order valence-corrected chi connectivity index (χ2v) is 5.64. The van der Waals surface area contributed by atoms with Gasteiger partial charge in [0.15, 0.2) is 0 Å². The molecule has 0 atom stereocenters. The molecule has 0 spiro atoms. The number of carbonyl (C=O) groups excluding carboxylic acids is 2. The van der Waals surface area contributed by atoms with Gasteiger partial charge < -0.3 is 10.8 Å². The number of pyridine rings is 1. The molecule has 3 rings (SSSR count). The molecule has 0 unspecified atom stereocenters.